The zero-order chi connectivity index (χ0) is 11.6. The van der Waals surface area contributed by atoms with Crippen LogP contribution in [0.15, 0.2) is 0 Å². The summed E-state index contributed by atoms with van der Waals surface area (Å²) < 4.78 is 25.5. The summed E-state index contributed by atoms with van der Waals surface area (Å²) >= 11 is 0. The second-order valence-electron chi connectivity index (χ2n) is 5.15. The fraction of sp³-hybridized carbons (Fsp3) is 1.00. The summed E-state index contributed by atoms with van der Waals surface area (Å²) in [4.78, 5) is 0. The van der Waals surface area contributed by atoms with E-state index in [-0.39, 0.29) is 0 Å². The zero-order valence-electron chi connectivity index (χ0n) is 9.98. The van der Waals surface area contributed by atoms with Crippen LogP contribution < -0.4 is 5.32 Å². The minimum Gasteiger partial charge on any atom is -0.313 e. The third-order valence-corrected chi connectivity index (χ3v) is 5.50. The molecular formula is C11H22N2O2S. The van der Waals surface area contributed by atoms with Gasteiger partial charge in [-0.3, -0.25) is 0 Å². The molecule has 4 nitrogen and oxygen atoms in total. The average Bonchev–Trinajstić information content (AvgIpc) is 3.02. The molecule has 0 spiro atoms. The maximum atomic E-state index is 12.0. The van der Waals surface area contributed by atoms with E-state index in [1.54, 1.807) is 11.4 Å². The Bertz CT molecular complexity index is 319. The topological polar surface area (TPSA) is 49.4 Å². The molecule has 2 rings (SSSR count). The summed E-state index contributed by atoms with van der Waals surface area (Å²) in [6, 6.07) is 0.354. The summed E-state index contributed by atoms with van der Waals surface area (Å²) in [6.07, 6.45) is 5.72. The van der Waals surface area contributed by atoms with E-state index in [0.29, 0.717) is 24.3 Å². The van der Waals surface area contributed by atoms with E-state index in [4.69, 9.17) is 0 Å². The van der Waals surface area contributed by atoms with Gasteiger partial charge in [0.15, 0.2) is 0 Å². The lowest BCUT2D eigenvalue weighted by Crippen LogP contribution is -2.44. The van der Waals surface area contributed by atoms with Crippen molar-refractivity contribution in [1.29, 1.82) is 0 Å². The minimum absolute atomic E-state index is 0.354. The Morgan fingerprint density at radius 1 is 1.25 bits per heavy atom. The average molecular weight is 246 g/mol. The zero-order valence-corrected chi connectivity index (χ0v) is 10.8. The Morgan fingerprint density at radius 3 is 2.56 bits per heavy atom. The molecule has 1 saturated carbocycles. The quantitative estimate of drug-likeness (QED) is 0.780. The first-order chi connectivity index (χ1) is 7.58. The highest BCUT2D eigenvalue weighted by atomic mass is 32.2. The Kier molecular flexibility index (Phi) is 3.87. The maximum Gasteiger partial charge on any atom is 0.214 e. The van der Waals surface area contributed by atoms with Gasteiger partial charge in [-0.15, -0.1) is 0 Å². The molecule has 0 aromatic rings. The fourth-order valence-corrected chi connectivity index (χ4v) is 3.80. The first-order valence-electron chi connectivity index (χ1n) is 6.25. The highest BCUT2D eigenvalue weighted by Gasteiger charge is 2.31. The molecule has 0 amide bonds. The van der Waals surface area contributed by atoms with Gasteiger partial charge in [0.25, 0.3) is 0 Å². The van der Waals surface area contributed by atoms with Crippen LogP contribution >= 0.6 is 0 Å². The summed E-state index contributed by atoms with van der Waals surface area (Å²) in [6.45, 7) is 1.66. The van der Waals surface area contributed by atoms with Crippen molar-refractivity contribution < 1.29 is 8.42 Å². The minimum atomic E-state index is -3.00. The number of piperidine rings is 1. The molecule has 0 aromatic carbocycles. The summed E-state index contributed by atoms with van der Waals surface area (Å²) in [7, 11) is -1.29. The van der Waals surface area contributed by atoms with E-state index in [2.05, 4.69) is 5.32 Å². The van der Waals surface area contributed by atoms with Crippen molar-refractivity contribution in [2.75, 3.05) is 25.9 Å². The van der Waals surface area contributed by atoms with Gasteiger partial charge in [-0.1, -0.05) is 6.42 Å². The van der Waals surface area contributed by atoms with Crippen LogP contribution in [0.25, 0.3) is 0 Å². The normalized spacial score (nSPS) is 27.2. The molecule has 16 heavy (non-hydrogen) atoms. The van der Waals surface area contributed by atoms with E-state index in [1.165, 1.54) is 12.8 Å². The summed E-state index contributed by atoms with van der Waals surface area (Å²) in [5.41, 5.74) is 0. The van der Waals surface area contributed by atoms with Crippen LogP contribution in [0.3, 0.4) is 0 Å². The smallest absolute Gasteiger partial charge is 0.214 e. The number of hydrogen-bond acceptors (Lipinski definition) is 3. The van der Waals surface area contributed by atoms with E-state index in [9.17, 15) is 8.42 Å². The van der Waals surface area contributed by atoms with Crippen molar-refractivity contribution in [3.8, 4) is 0 Å². The lowest BCUT2D eigenvalue weighted by atomic mass is 10.1. The molecule has 1 heterocycles. The monoisotopic (exact) mass is 246 g/mol. The van der Waals surface area contributed by atoms with Gasteiger partial charge in [0.1, 0.15) is 0 Å². The number of likely N-dealkylation sites (N-methyl/N-ethyl adjacent to an activating group) is 1. The molecular weight excluding hydrogens is 224 g/mol. The third-order valence-electron chi connectivity index (χ3n) is 3.51. The van der Waals surface area contributed by atoms with E-state index in [0.717, 1.165) is 25.8 Å². The van der Waals surface area contributed by atoms with Crippen molar-refractivity contribution in [3.05, 3.63) is 0 Å². The number of nitrogens with zero attached hydrogens (tertiary/aromatic N) is 1. The molecule has 1 aliphatic heterocycles. The summed E-state index contributed by atoms with van der Waals surface area (Å²) in [5, 5.41) is 3.38. The van der Waals surface area contributed by atoms with Crippen LogP contribution in [0.2, 0.25) is 0 Å². The van der Waals surface area contributed by atoms with Crippen LogP contribution in [-0.4, -0.2) is 44.7 Å². The lowest BCUT2D eigenvalue weighted by molar-refractivity contribution is 0.337. The highest BCUT2D eigenvalue weighted by molar-refractivity contribution is 7.89. The Balaban J connectivity index is 1.82. The van der Waals surface area contributed by atoms with Crippen LogP contribution in [-0.2, 0) is 10.0 Å². The predicted octanol–water partition coefficient (Wildman–Crippen LogP) is 0.800. The van der Waals surface area contributed by atoms with Crippen molar-refractivity contribution in [2.24, 2.45) is 5.92 Å². The molecule has 2 aliphatic rings. The van der Waals surface area contributed by atoms with Crippen LogP contribution in [0.4, 0.5) is 0 Å². The number of rotatable bonds is 5. The lowest BCUT2D eigenvalue weighted by Gasteiger charge is -2.27. The molecule has 0 aromatic heterocycles. The van der Waals surface area contributed by atoms with Gasteiger partial charge in [0.05, 0.1) is 5.75 Å². The van der Waals surface area contributed by atoms with Crippen molar-refractivity contribution >= 4 is 10.0 Å². The maximum absolute atomic E-state index is 12.0. The van der Waals surface area contributed by atoms with Crippen molar-refractivity contribution in [2.45, 2.75) is 38.1 Å². The first-order valence-corrected chi connectivity index (χ1v) is 7.86. The van der Waals surface area contributed by atoms with Crippen molar-refractivity contribution in [1.82, 2.24) is 9.62 Å². The van der Waals surface area contributed by atoms with Crippen molar-refractivity contribution in [3.63, 3.8) is 0 Å². The van der Waals surface area contributed by atoms with Gasteiger partial charge >= 0.3 is 0 Å². The van der Waals surface area contributed by atoms with Crippen LogP contribution in [0, 0.1) is 5.92 Å². The molecule has 1 N–H and O–H groups in total. The molecule has 5 heteroatoms. The number of hydrogen-bond donors (Lipinski definition) is 1. The van der Waals surface area contributed by atoms with Gasteiger partial charge in [-0.25, -0.2) is 12.7 Å². The molecule has 1 atom stereocenters. The van der Waals surface area contributed by atoms with Gasteiger partial charge < -0.3 is 5.32 Å². The Hall–Kier alpha value is -0.130. The third kappa shape index (κ3) is 3.43. The molecule has 94 valence electrons. The predicted molar refractivity (Wildman–Crippen MR) is 64.8 cm³/mol. The van der Waals surface area contributed by atoms with E-state index >= 15 is 0 Å². The number of nitrogens with one attached hydrogen (secondary N) is 1. The molecule has 1 saturated heterocycles. The van der Waals surface area contributed by atoms with Gasteiger partial charge in [-0.05, 0) is 38.1 Å². The van der Waals surface area contributed by atoms with Crippen LogP contribution in [0.5, 0.6) is 0 Å². The standard InChI is InChI=1S/C11H22N2O2S/c1-13(8-11-4-2-3-7-12-11)16(14,15)9-10-5-6-10/h10-12H,2-9H2,1H3. The molecule has 0 bridgehead atoms. The second-order valence-corrected chi connectivity index (χ2v) is 7.27. The summed E-state index contributed by atoms with van der Waals surface area (Å²) in [5.74, 6) is 0.794. The van der Waals surface area contributed by atoms with E-state index < -0.39 is 10.0 Å². The van der Waals surface area contributed by atoms with Gasteiger partial charge in [0, 0.05) is 19.6 Å². The Morgan fingerprint density at radius 2 is 2.00 bits per heavy atom. The Labute approximate surface area is 98.4 Å². The highest BCUT2D eigenvalue weighted by Crippen LogP contribution is 2.31. The molecule has 1 unspecified atom stereocenters. The fourth-order valence-electron chi connectivity index (χ4n) is 2.21. The second kappa shape index (κ2) is 5.02. The van der Waals surface area contributed by atoms with Gasteiger partial charge in [-0.2, -0.15) is 0 Å². The SMILES string of the molecule is CN(CC1CCCCN1)S(=O)(=O)CC1CC1. The molecule has 2 fully saturated rings. The first kappa shape index (κ1) is 12.3. The van der Waals surface area contributed by atoms with E-state index in [1.807, 2.05) is 0 Å². The largest absolute Gasteiger partial charge is 0.313 e. The molecule has 0 radical (unpaired) electrons. The molecule has 1 aliphatic carbocycles. The van der Waals surface area contributed by atoms with Crippen LogP contribution in [0.1, 0.15) is 32.1 Å². The van der Waals surface area contributed by atoms with Gasteiger partial charge in [0.2, 0.25) is 10.0 Å². The number of sulfonamides is 1.